The summed E-state index contributed by atoms with van der Waals surface area (Å²) in [6, 6.07) is 0.354. The van der Waals surface area contributed by atoms with Crippen LogP contribution in [0.1, 0.15) is 33.6 Å². The minimum Gasteiger partial charge on any atom is -0.354 e. The van der Waals surface area contributed by atoms with Gasteiger partial charge in [-0.05, 0) is 26.7 Å². The van der Waals surface area contributed by atoms with Crippen molar-refractivity contribution in [1.82, 2.24) is 10.2 Å². The normalized spacial score (nSPS) is 20.3. The van der Waals surface area contributed by atoms with Crippen LogP contribution in [-0.4, -0.2) is 42.0 Å². The molecule has 0 aromatic heterocycles. The van der Waals surface area contributed by atoms with E-state index in [1.165, 1.54) is 0 Å². The highest BCUT2D eigenvalue weighted by Crippen LogP contribution is 2.19. The van der Waals surface area contributed by atoms with Gasteiger partial charge in [0.25, 0.3) is 0 Å². The number of hydrogen-bond donors (Lipinski definition) is 2. The summed E-state index contributed by atoms with van der Waals surface area (Å²) in [6.45, 7) is 8.65. The predicted octanol–water partition coefficient (Wildman–Crippen LogP) is 0.324. The fourth-order valence-electron chi connectivity index (χ4n) is 2.05. The second kappa shape index (κ2) is 4.94. The van der Waals surface area contributed by atoms with E-state index in [2.05, 4.69) is 24.1 Å². The molecule has 0 unspecified atom stereocenters. The average molecular weight is 213 g/mol. The minimum atomic E-state index is 0.0755. The van der Waals surface area contributed by atoms with Gasteiger partial charge in [-0.3, -0.25) is 9.69 Å². The maximum atomic E-state index is 10.9. The molecule has 1 saturated heterocycles. The standard InChI is InChI=1S/C11H23N3O/c1-9(15)13-10-4-6-14(7-5-10)11(2,3)8-12/h10H,4-8,12H2,1-3H3,(H,13,15). The van der Waals surface area contributed by atoms with Gasteiger partial charge in [0.2, 0.25) is 5.91 Å². The number of rotatable bonds is 3. The lowest BCUT2D eigenvalue weighted by Gasteiger charge is -2.42. The van der Waals surface area contributed by atoms with Crippen molar-refractivity contribution < 1.29 is 4.79 Å². The number of nitrogens with zero attached hydrogens (tertiary/aromatic N) is 1. The van der Waals surface area contributed by atoms with Crippen molar-refractivity contribution in [2.75, 3.05) is 19.6 Å². The zero-order valence-corrected chi connectivity index (χ0v) is 10.0. The van der Waals surface area contributed by atoms with Crippen molar-refractivity contribution in [2.45, 2.75) is 45.2 Å². The fourth-order valence-corrected chi connectivity index (χ4v) is 2.05. The van der Waals surface area contributed by atoms with E-state index in [0.29, 0.717) is 12.6 Å². The van der Waals surface area contributed by atoms with Crippen LogP contribution in [0.25, 0.3) is 0 Å². The Morgan fingerprint density at radius 3 is 2.40 bits per heavy atom. The molecule has 15 heavy (non-hydrogen) atoms. The molecule has 1 heterocycles. The van der Waals surface area contributed by atoms with Crippen molar-refractivity contribution in [1.29, 1.82) is 0 Å². The number of amides is 1. The van der Waals surface area contributed by atoms with Gasteiger partial charge in [-0.2, -0.15) is 0 Å². The third-order valence-electron chi connectivity index (χ3n) is 3.26. The van der Waals surface area contributed by atoms with Crippen LogP contribution in [-0.2, 0) is 4.79 Å². The van der Waals surface area contributed by atoms with Gasteiger partial charge in [0.1, 0.15) is 0 Å². The highest BCUT2D eigenvalue weighted by molar-refractivity contribution is 5.73. The first-order valence-electron chi connectivity index (χ1n) is 5.68. The summed E-state index contributed by atoms with van der Waals surface area (Å²) in [5.41, 5.74) is 5.83. The smallest absolute Gasteiger partial charge is 0.217 e. The van der Waals surface area contributed by atoms with Gasteiger partial charge in [0, 0.05) is 38.1 Å². The minimum absolute atomic E-state index is 0.0755. The maximum Gasteiger partial charge on any atom is 0.217 e. The van der Waals surface area contributed by atoms with E-state index in [1.807, 2.05) is 0 Å². The zero-order valence-electron chi connectivity index (χ0n) is 10.0. The molecule has 3 N–H and O–H groups in total. The molecule has 1 rings (SSSR count). The largest absolute Gasteiger partial charge is 0.354 e. The summed E-state index contributed by atoms with van der Waals surface area (Å²) in [4.78, 5) is 13.3. The van der Waals surface area contributed by atoms with Crippen molar-refractivity contribution in [3.63, 3.8) is 0 Å². The lowest BCUT2D eigenvalue weighted by atomic mass is 9.96. The van der Waals surface area contributed by atoms with Crippen LogP contribution in [0.5, 0.6) is 0 Å². The lowest BCUT2D eigenvalue weighted by molar-refractivity contribution is -0.120. The van der Waals surface area contributed by atoms with Gasteiger partial charge >= 0.3 is 0 Å². The molecule has 88 valence electrons. The Kier molecular flexibility index (Phi) is 4.11. The highest BCUT2D eigenvalue weighted by Gasteiger charge is 2.29. The molecule has 1 aliphatic heterocycles. The van der Waals surface area contributed by atoms with E-state index >= 15 is 0 Å². The number of likely N-dealkylation sites (tertiary alicyclic amines) is 1. The summed E-state index contributed by atoms with van der Waals surface area (Å²) >= 11 is 0. The molecule has 4 heteroatoms. The Balaban J connectivity index is 2.39. The van der Waals surface area contributed by atoms with Gasteiger partial charge in [-0.15, -0.1) is 0 Å². The van der Waals surface area contributed by atoms with Crippen LogP contribution in [0.4, 0.5) is 0 Å². The van der Waals surface area contributed by atoms with Crippen LogP contribution >= 0.6 is 0 Å². The molecule has 0 aromatic rings. The first-order valence-corrected chi connectivity index (χ1v) is 5.68. The number of carbonyl (C=O) groups is 1. The van der Waals surface area contributed by atoms with E-state index in [-0.39, 0.29) is 11.4 Å². The van der Waals surface area contributed by atoms with Crippen molar-refractivity contribution in [2.24, 2.45) is 5.73 Å². The Bertz CT molecular complexity index is 220. The molecule has 0 radical (unpaired) electrons. The monoisotopic (exact) mass is 213 g/mol. The molecule has 0 atom stereocenters. The lowest BCUT2D eigenvalue weighted by Crippen LogP contribution is -2.54. The molecule has 0 aromatic carbocycles. The number of carbonyl (C=O) groups excluding carboxylic acids is 1. The van der Waals surface area contributed by atoms with E-state index in [4.69, 9.17) is 5.73 Å². The van der Waals surface area contributed by atoms with E-state index in [0.717, 1.165) is 25.9 Å². The van der Waals surface area contributed by atoms with Gasteiger partial charge in [-0.1, -0.05) is 0 Å². The SMILES string of the molecule is CC(=O)NC1CCN(C(C)(C)CN)CC1. The maximum absolute atomic E-state index is 10.9. The van der Waals surface area contributed by atoms with E-state index < -0.39 is 0 Å². The molecule has 0 bridgehead atoms. The Labute approximate surface area is 92.2 Å². The molecular weight excluding hydrogens is 190 g/mol. The summed E-state index contributed by atoms with van der Waals surface area (Å²) in [5.74, 6) is 0.0755. The molecule has 1 amide bonds. The fraction of sp³-hybridized carbons (Fsp3) is 0.909. The van der Waals surface area contributed by atoms with Gasteiger partial charge in [-0.25, -0.2) is 0 Å². The van der Waals surface area contributed by atoms with Crippen molar-refractivity contribution in [3.8, 4) is 0 Å². The van der Waals surface area contributed by atoms with Crippen LogP contribution < -0.4 is 11.1 Å². The molecule has 0 spiro atoms. The first kappa shape index (κ1) is 12.5. The first-order chi connectivity index (χ1) is 6.95. The molecule has 0 aliphatic carbocycles. The van der Waals surface area contributed by atoms with Crippen LogP contribution in [0.2, 0.25) is 0 Å². The van der Waals surface area contributed by atoms with Crippen LogP contribution in [0, 0.1) is 0 Å². The molecule has 0 saturated carbocycles. The summed E-state index contributed by atoms with van der Waals surface area (Å²) < 4.78 is 0. The topological polar surface area (TPSA) is 58.4 Å². The van der Waals surface area contributed by atoms with Crippen molar-refractivity contribution >= 4 is 5.91 Å². The number of nitrogens with one attached hydrogen (secondary N) is 1. The van der Waals surface area contributed by atoms with Crippen LogP contribution in [0.15, 0.2) is 0 Å². The molecule has 1 aliphatic rings. The molecule has 4 nitrogen and oxygen atoms in total. The average Bonchev–Trinajstić information content (AvgIpc) is 2.18. The van der Waals surface area contributed by atoms with Crippen LogP contribution in [0.3, 0.4) is 0 Å². The highest BCUT2D eigenvalue weighted by atomic mass is 16.1. The number of piperidine rings is 1. The molecule has 1 fully saturated rings. The summed E-state index contributed by atoms with van der Waals surface area (Å²) in [7, 11) is 0. The van der Waals surface area contributed by atoms with Gasteiger partial charge < -0.3 is 11.1 Å². The molecular formula is C11H23N3O. The summed E-state index contributed by atoms with van der Waals surface area (Å²) in [6.07, 6.45) is 2.06. The second-order valence-electron chi connectivity index (χ2n) is 4.98. The van der Waals surface area contributed by atoms with Gasteiger partial charge in [0.05, 0.1) is 0 Å². The third kappa shape index (κ3) is 3.47. The zero-order chi connectivity index (χ0) is 11.5. The van der Waals surface area contributed by atoms with E-state index in [9.17, 15) is 4.79 Å². The predicted molar refractivity (Wildman–Crippen MR) is 61.5 cm³/mol. The number of nitrogens with two attached hydrogens (primary N) is 1. The van der Waals surface area contributed by atoms with Crippen molar-refractivity contribution in [3.05, 3.63) is 0 Å². The Hall–Kier alpha value is -0.610. The second-order valence-corrected chi connectivity index (χ2v) is 4.98. The third-order valence-corrected chi connectivity index (χ3v) is 3.26. The number of hydrogen-bond acceptors (Lipinski definition) is 3. The van der Waals surface area contributed by atoms with E-state index in [1.54, 1.807) is 6.92 Å². The Morgan fingerprint density at radius 2 is 2.00 bits per heavy atom. The quantitative estimate of drug-likeness (QED) is 0.710. The Morgan fingerprint density at radius 1 is 1.47 bits per heavy atom. The summed E-state index contributed by atoms with van der Waals surface area (Å²) in [5, 5.41) is 2.97. The van der Waals surface area contributed by atoms with Gasteiger partial charge in [0.15, 0.2) is 0 Å².